The van der Waals surface area contributed by atoms with Crippen molar-refractivity contribution < 1.29 is 13.2 Å². The summed E-state index contributed by atoms with van der Waals surface area (Å²) in [4.78, 5) is 4.23. The lowest BCUT2D eigenvalue weighted by Gasteiger charge is -2.38. The van der Waals surface area contributed by atoms with Gasteiger partial charge in [0.15, 0.2) is 0 Å². The molecule has 5 heteroatoms. The minimum Gasteiger partial charge on any atom is -0.372 e. The second kappa shape index (κ2) is 7.70. The monoisotopic (exact) mass is 362 g/mol. The van der Waals surface area contributed by atoms with Crippen LogP contribution in [-0.4, -0.2) is 42.2 Å². The SMILES string of the molecule is CC1=CC=CC(C(F)(F)F)=C(N2CCN(Cc3cccc(C)c3)CC2)C1. The Labute approximate surface area is 153 Å². The molecule has 0 spiro atoms. The second-order valence-corrected chi connectivity index (χ2v) is 7.16. The Morgan fingerprint density at radius 3 is 2.42 bits per heavy atom. The fourth-order valence-corrected chi connectivity index (χ4v) is 3.61. The van der Waals surface area contributed by atoms with Crippen molar-refractivity contribution in [3.63, 3.8) is 0 Å². The highest BCUT2D eigenvalue weighted by molar-refractivity contribution is 5.37. The van der Waals surface area contributed by atoms with Crippen LogP contribution in [0.3, 0.4) is 0 Å². The molecule has 0 atom stereocenters. The Morgan fingerprint density at radius 2 is 1.77 bits per heavy atom. The van der Waals surface area contributed by atoms with Gasteiger partial charge in [-0.15, -0.1) is 0 Å². The third kappa shape index (κ3) is 4.58. The van der Waals surface area contributed by atoms with E-state index in [1.165, 1.54) is 23.3 Å². The molecule has 140 valence electrons. The lowest BCUT2D eigenvalue weighted by atomic mass is 10.1. The van der Waals surface area contributed by atoms with Crippen LogP contribution >= 0.6 is 0 Å². The van der Waals surface area contributed by atoms with E-state index < -0.39 is 11.7 Å². The average molecular weight is 362 g/mol. The summed E-state index contributed by atoms with van der Waals surface area (Å²) >= 11 is 0. The summed E-state index contributed by atoms with van der Waals surface area (Å²) in [5.41, 5.74) is 3.35. The van der Waals surface area contributed by atoms with Crippen LogP contribution in [0, 0.1) is 6.92 Å². The van der Waals surface area contributed by atoms with Gasteiger partial charge in [-0.05, 0) is 25.5 Å². The van der Waals surface area contributed by atoms with Gasteiger partial charge < -0.3 is 4.90 Å². The molecule has 0 N–H and O–H groups in total. The van der Waals surface area contributed by atoms with Gasteiger partial charge in [0.1, 0.15) is 0 Å². The first kappa shape index (κ1) is 18.8. The number of aryl methyl sites for hydroxylation is 1. The molecule has 1 saturated heterocycles. The van der Waals surface area contributed by atoms with Gasteiger partial charge in [-0.3, -0.25) is 4.90 Å². The Morgan fingerprint density at radius 1 is 1.04 bits per heavy atom. The number of halogens is 3. The zero-order chi connectivity index (χ0) is 18.7. The summed E-state index contributed by atoms with van der Waals surface area (Å²) in [5.74, 6) is 0. The highest BCUT2D eigenvalue weighted by Gasteiger charge is 2.37. The van der Waals surface area contributed by atoms with Crippen molar-refractivity contribution in [2.75, 3.05) is 26.2 Å². The third-order valence-corrected chi connectivity index (χ3v) is 4.95. The number of hydrogen-bond acceptors (Lipinski definition) is 2. The maximum atomic E-state index is 13.5. The van der Waals surface area contributed by atoms with E-state index in [1.54, 1.807) is 6.08 Å². The molecular formula is C21H25F3N2. The second-order valence-electron chi connectivity index (χ2n) is 7.16. The number of hydrogen-bond donors (Lipinski definition) is 0. The van der Waals surface area contributed by atoms with Crippen LogP contribution in [0.15, 0.2) is 59.3 Å². The Kier molecular flexibility index (Phi) is 5.56. The zero-order valence-corrected chi connectivity index (χ0v) is 15.3. The van der Waals surface area contributed by atoms with Crippen LogP contribution < -0.4 is 0 Å². The summed E-state index contributed by atoms with van der Waals surface area (Å²) in [6.45, 7) is 7.60. The van der Waals surface area contributed by atoms with Gasteiger partial charge >= 0.3 is 6.18 Å². The topological polar surface area (TPSA) is 6.48 Å². The molecule has 3 rings (SSSR count). The van der Waals surface area contributed by atoms with Crippen LogP contribution in [0.25, 0.3) is 0 Å². The molecule has 1 fully saturated rings. The highest BCUT2D eigenvalue weighted by atomic mass is 19.4. The molecule has 26 heavy (non-hydrogen) atoms. The fraction of sp³-hybridized carbons (Fsp3) is 0.429. The molecule has 1 aliphatic carbocycles. The van der Waals surface area contributed by atoms with E-state index in [0.29, 0.717) is 25.2 Å². The molecule has 0 radical (unpaired) electrons. The van der Waals surface area contributed by atoms with Crippen molar-refractivity contribution in [2.45, 2.75) is 33.0 Å². The van der Waals surface area contributed by atoms with Crippen molar-refractivity contribution in [2.24, 2.45) is 0 Å². The smallest absolute Gasteiger partial charge is 0.372 e. The molecule has 1 aromatic carbocycles. The van der Waals surface area contributed by atoms with Crippen LogP contribution in [0.5, 0.6) is 0 Å². The van der Waals surface area contributed by atoms with E-state index in [-0.39, 0.29) is 0 Å². The van der Waals surface area contributed by atoms with Crippen LogP contribution in [0.2, 0.25) is 0 Å². The normalized spacial score (nSPS) is 19.6. The van der Waals surface area contributed by atoms with Gasteiger partial charge in [0.25, 0.3) is 0 Å². The summed E-state index contributed by atoms with van der Waals surface area (Å²) in [7, 11) is 0. The predicted octanol–water partition coefficient (Wildman–Crippen LogP) is 4.84. The molecule has 0 bridgehead atoms. The van der Waals surface area contributed by atoms with E-state index in [2.05, 4.69) is 30.0 Å². The summed E-state index contributed by atoms with van der Waals surface area (Å²) in [5, 5.41) is 0. The number of piperazine rings is 1. The average Bonchev–Trinajstić information content (AvgIpc) is 2.77. The first-order chi connectivity index (χ1) is 12.3. The number of rotatable bonds is 3. The van der Waals surface area contributed by atoms with Gasteiger partial charge in [-0.1, -0.05) is 47.6 Å². The van der Waals surface area contributed by atoms with Crippen LogP contribution in [0.4, 0.5) is 13.2 Å². The zero-order valence-electron chi connectivity index (χ0n) is 15.3. The maximum absolute atomic E-state index is 13.5. The molecule has 2 aliphatic rings. The van der Waals surface area contributed by atoms with Crippen LogP contribution in [-0.2, 0) is 6.54 Å². The van der Waals surface area contributed by atoms with Gasteiger partial charge in [-0.25, -0.2) is 0 Å². The molecule has 1 heterocycles. The molecule has 0 amide bonds. The summed E-state index contributed by atoms with van der Waals surface area (Å²) in [6.07, 6.45) is 0.541. The molecule has 2 nitrogen and oxygen atoms in total. The molecule has 1 aliphatic heterocycles. The number of benzene rings is 1. The molecule has 1 aromatic rings. The first-order valence-corrected chi connectivity index (χ1v) is 9.00. The Balaban J connectivity index is 1.70. The van der Waals surface area contributed by atoms with Crippen molar-refractivity contribution in [1.82, 2.24) is 9.80 Å². The van der Waals surface area contributed by atoms with Gasteiger partial charge in [0.2, 0.25) is 0 Å². The van der Waals surface area contributed by atoms with Crippen LogP contribution in [0.1, 0.15) is 24.5 Å². The van der Waals surface area contributed by atoms with E-state index >= 15 is 0 Å². The van der Waals surface area contributed by atoms with E-state index in [4.69, 9.17) is 0 Å². The Bertz CT molecular complexity index is 736. The Hall–Kier alpha value is -2.01. The van der Waals surface area contributed by atoms with Gasteiger partial charge in [0.05, 0.1) is 5.57 Å². The third-order valence-electron chi connectivity index (χ3n) is 4.95. The molecule has 0 saturated carbocycles. The van der Waals surface area contributed by atoms with Crippen molar-refractivity contribution in [1.29, 1.82) is 0 Å². The van der Waals surface area contributed by atoms with Gasteiger partial charge in [-0.2, -0.15) is 13.2 Å². The summed E-state index contributed by atoms with van der Waals surface area (Å²) in [6, 6.07) is 8.39. The van der Waals surface area contributed by atoms with Crippen molar-refractivity contribution >= 4 is 0 Å². The van der Waals surface area contributed by atoms with E-state index in [0.717, 1.165) is 25.2 Å². The largest absolute Gasteiger partial charge is 0.418 e. The van der Waals surface area contributed by atoms with Crippen molar-refractivity contribution in [3.05, 3.63) is 70.5 Å². The number of nitrogens with zero attached hydrogens (tertiary/aromatic N) is 2. The molecular weight excluding hydrogens is 337 g/mol. The minimum atomic E-state index is -4.32. The fourth-order valence-electron chi connectivity index (χ4n) is 3.61. The molecule has 0 aromatic heterocycles. The number of alkyl halides is 3. The van der Waals surface area contributed by atoms with E-state index in [9.17, 15) is 13.2 Å². The minimum absolute atomic E-state index is 0.361. The molecule has 0 unspecified atom stereocenters. The van der Waals surface area contributed by atoms with E-state index in [1.807, 2.05) is 17.9 Å². The standard InChI is InChI=1S/C21H25F3N2/c1-16-5-3-7-18(13-16)15-25-9-11-26(12-10-25)20-14-17(2)6-4-8-19(20)21(22,23)24/h3-8,13H,9-12,14-15H2,1-2H3. The summed E-state index contributed by atoms with van der Waals surface area (Å²) < 4.78 is 40.5. The predicted molar refractivity (Wildman–Crippen MR) is 98.6 cm³/mol. The van der Waals surface area contributed by atoms with Gasteiger partial charge in [0, 0.05) is 44.8 Å². The first-order valence-electron chi connectivity index (χ1n) is 9.00. The maximum Gasteiger partial charge on any atom is 0.418 e. The lowest BCUT2D eigenvalue weighted by Crippen LogP contribution is -2.46. The lowest BCUT2D eigenvalue weighted by molar-refractivity contribution is -0.0906. The van der Waals surface area contributed by atoms with Crippen molar-refractivity contribution in [3.8, 4) is 0 Å². The number of allylic oxidation sites excluding steroid dienone is 5. The quantitative estimate of drug-likeness (QED) is 0.759. The highest BCUT2D eigenvalue weighted by Crippen LogP contribution is 2.35.